The minimum atomic E-state index is 0.587. The van der Waals surface area contributed by atoms with Gasteiger partial charge in [0, 0.05) is 38.3 Å². The van der Waals surface area contributed by atoms with Crippen molar-refractivity contribution < 1.29 is 0 Å². The van der Waals surface area contributed by atoms with E-state index < -0.39 is 0 Å². The predicted octanol–water partition coefficient (Wildman–Crippen LogP) is 1.05. The van der Waals surface area contributed by atoms with Crippen molar-refractivity contribution in [2.75, 3.05) is 39.8 Å². The standard InChI is InChI=1S/C14H30N4/c1-13(12-14-6-4-3-5-7-15-14)16-18-10-8-17(2)9-11-18/h13-16H,3-12H2,1-2H3. The average molecular weight is 254 g/mol. The quantitative estimate of drug-likeness (QED) is 0.785. The van der Waals surface area contributed by atoms with E-state index >= 15 is 0 Å². The third kappa shape index (κ3) is 4.84. The summed E-state index contributed by atoms with van der Waals surface area (Å²) in [5, 5.41) is 6.09. The molecule has 4 nitrogen and oxygen atoms in total. The first kappa shape index (κ1) is 14.3. The summed E-state index contributed by atoms with van der Waals surface area (Å²) in [5.74, 6) is 0. The maximum Gasteiger partial charge on any atom is 0.0259 e. The van der Waals surface area contributed by atoms with Gasteiger partial charge in [0.15, 0.2) is 0 Å². The van der Waals surface area contributed by atoms with E-state index in [4.69, 9.17) is 0 Å². The Hall–Kier alpha value is -0.160. The molecule has 2 N–H and O–H groups in total. The summed E-state index contributed by atoms with van der Waals surface area (Å²) in [6.45, 7) is 8.21. The molecule has 18 heavy (non-hydrogen) atoms. The van der Waals surface area contributed by atoms with Gasteiger partial charge in [-0.2, -0.15) is 0 Å². The Morgan fingerprint density at radius 1 is 1.17 bits per heavy atom. The SMILES string of the molecule is CC(CC1CCCCCN1)NN1CCN(C)CC1. The number of piperazine rings is 1. The van der Waals surface area contributed by atoms with Gasteiger partial charge < -0.3 is 10.2 Å². The molecular formula is C14H30N4. The largest absolute Gasteiger partial charge is 0.314 e. The molecule has 2 fully saturated rings. The van der Waals surface area contributed by atoms with Gasteiger partial charge in [-0.1, -0.05) is 12.8 Å². The lowest BCUT2D eigenvalue weighted by Gasteiger charge is -2.35. The highest BCUT2D eigenvalue weighted by atomic mass is 15.5. The van der Waals surface area contributed by atoms with Crippen molar-refractivity contribution in [3.8, 4) is 0 Å². The van der Waals surface area contributed by atoms with Crippen molar-refractivity contribution in [2.45, 2.75) is 51.1 Å². The van der Waals surface area contributed by atoms with Crippen LogP contribution in [0.5, 0.6) is 0 Å². The molecule has 2 aliphatic rings. The molecule has 2 atom stereocenters. The number of nitrogens with zero attached hydrogens (tertiary/aromatic N) is 2. The fourth-order valence-electron chi connectivity index (χ4n) is 3.03. The van der Waals surface area contributed by atoms with Crippen molar-refractivity contribution in [1.29, 1.82) is 0 Å². The van der Waals surface area contributed by atoms with Gasteiger partial charge in [-0.05, 0) is 39.8 Å². The number of rotatable bonds is 4. The summed E-state index contributed by atoms with van der Waals surface area (Å²) in [7, 11) is 2.20. The summed E-state index contributed by atoms with van der Waals surface area (Å²) < 4.78 is 0. The van der Waals surface area contributed by atoms with E-state index in [1.165, 1.54) is 51.7 Å². The average Bonchev–Trinajstić information content (AvgIpc) is 2.61. The van der Waals surface area contributed by atoms with Gasteiger partial charge in [0.2, 0.25) is 0 Å². The Labute approximate surface area is 112 Å². The summed E-state index contributed by atoms with van der Waals surface area (Å²) in [6.07, 6.45) is 6.78. The molecule has 2 saturated heterocycles. The van der Waals surface area contributed by atoms with Crippen molar-refractivity contribution in [1.82, 2.24) is 20.7 Å². The van der Waals surface area contributed by atoms with Crippen LogP contribution < -0.4 is 10.7 Å². The second-order valence-electron chi connectivity index (χ2n) is 6.06. The first-order chi connectivity index (χ1) is 8.74. The normalized spacial score (nSPS) is 30.0. The molecule has 0 spiro atoms. The lowest BCUT2D eigenvalue weighted by molar-refractivity contribution is 0.0859. The van der Waals surface area contributed by atoms with Gasteiger partial charge in [-0.3, -0.25) is 5.43 Å². The Bertz CT molecular complexity index is 218. The van der Waals surface area contributed by atoms with E-state index in [2.05, 4.69) is 34.6 Å². The fourth-order valence-corrected chi connectivity index (χ4v) is 3.03. The summed E-state index contributed by atoms with van der Waals surface area (Å²) in [5.41, 5.74) is 3.67. The molecule has 2 unspecified atom stereocenters. The summed E-state index contributed by atoms with van der Waals surface area (Å²) in [6, 6.07) is 1.31. The second-order valence-corrected chi connectivity index (χ2v) is 6.06. The van der Waals surface area contributed by atoms with Gasteiger partial charge in [-0.15, -0.1) is 0 Å². The first-order valence-electron chi connectivity index (χ1n) is 7.67. The van der Waals surface area contributed by atoms with Crippen LogP contribution in [-0.4, -0.2) is 61.8 Å². The Balaban J connectivity index is 1.66. The highest BCUT2D eigenvalue weighted by molar-refractivity contribution is 4.76. The van der Waals surface area contributed by atoms with Crippen molar-refractivity contribution in [3.05, 3.63) is 0 Å². The van der Waals surface area contributed by atoms with E-state index in [9.17, 15) is 0 Å². The van der Waals surface area contributed by atoms with Gasteiger partial charge in [0.25, 0.3) is 0 Å². The summed E-state index contributed by atoms with van der Waals surface area (Å²) in [4.78, 5) is 2.40. The van der Waals surface area contributed by atoms with Crippen LogP contribution in [0, 0.1) is 0 Å². The van der Waals surface area contributed by atoms with E-state index in [0.29, 0.717) is 6.04 Å². The van der Waals surface area contributed by atoms with Crippen LogP contribution in [-0.2, 0) is 0 Å². The number of nitrogens with one attached hydrogen (secondary N) is 2. The van der Waals surface area contributed by atoms with Crippen LogP contribution in [0.4, 0.5) is 0 Å². The summed E-state index contributed by atoms with van der Waals surface area (Å²) >= 11 is 0. The van der Waals surface area contributed by atoms with Gasteiger partial charge in [0.1, 0.15) is 0 Å². The molecule has 0 aliphatic carbocycles. The van der Waals surface area contributed by atoms with Gasteiger partial charge in [0.05, 0.1) is 0 Å². The minimum absolute atomic E-state index is 0.587. The molecule has 4 heteroatoms. The molecular weight excluding hydrogens is 224 g/mol. The predicted molar refractivity (Wildman–Crippen MR) is 76.5 cm³/mol. The number of likely N-dealkylation sites (N-methyl/N-ethyl adjacent to an activating group) is 1. The molecule has 2 aliphatic heterocycles. The monoisotopic (exact) mass is 254 g/mol. The minimum Gasteiger partial charge on any atom is -0.314 e. The smallest absolute Gasteiger partial charge is 0.0259 e. The zero-order chi connectivity index (χ0) is 12.8. The third-order valence-corrected chi connectivity index (χ3v) is 4.21. The molecule has 2 rings (SSSR count). The number of hydrogen-bond acceptors (Lipinski definition) is 4. The molecule has 0 aromatic rings. The molecule has 0 aromatic carbocycles. The highest BCUT2D eigenvalue weighted by Gasteiger charge is 2.18. The van der Waals surface area contributed by atoms with Crippen molar-refractivity contribution in [2.24, 2.45) is 0 Å². The van der Waals surface area contributed by atoms with Crippen LogP contribution >= 0.6 is 0 Å². The Morgan fingerprint density at radius 2 is 1.94 bits per heavy atom. The third-order valence-electron chi connectivity index (χ3n) is 4.21. The van der Waals surface area contributed by atoms with E-state index in [0.717, 1.165) is 19.1 Å². The van der Waals surface area contributed by atoms with Gasteiger partial charge in [-0.25, -0.2) is 5.01 Å². The van der Waals surface area contributed by atoms with Gasteiger partial charge >= 0.3 is 0 Å². The van der Waals surface area contributed by atoms with E-state index in [1.54, 1.807) is 0 Å². The molecule has 0 aromatic heterocycles. The maximum absolute atomic E-state index is 3.69. The number of hydrazine groups is 1. The zero-order valence-electron chi connectivity index (χ0n) is 12.1. The van der Waals surface area contributed by atoms with Crippen LogP contribution in [0.3, 0.4) is 0 Å². The lowest BCUT2D eigenvalue weighted by Crippen LogP contribution is -2.54. The maximum atomic E-state index is 3.69. The molecule has 0 bridgehead atoms. The van der Waals surface area contributed by atoms with Crippen LogP contribution in [0.25, 0.3) is 0 Å². The molecule has 0 radical (unpaired) electrons. The molecule has 0 amide bonds. The van der Waals surface area contributed by atoms with E-state index in [-0.39, 0.29) is 0 Å². The zero-order valence-corrected chi connectivity index (χ0v) is 12.1. The highest BCUT2D eigenvalue weighted by Crippen LogP contribution is 2.12. The molecule has 2 heterocycles. The molecule has 106 valence electrons. The second kappa shape index (κ2) is 7.43. The van der Waals surface area contributed by atoms with Crippen LogP contribution in [0.2, 0.25) is 0 Å². The fraction of sp³-hybridized carbons (Fsp3) is 1.00. The number of hydrogen-bond donors (Lipinski definition) is 2. The lowest BCUT2D eigenvalue weighted by atomic mass is 10.0. The topological polar surface area (TPSA) is 30.5 Å². The van der Waals surface area contributed by atoms with E-state index in [1.807, 2.05) is 0 Å². The van der Waals surface area contributed by atoms with Crippen LogP contribution in [0.15, 0.2) is 0 Å². The Kier molecular flexibility index (Phi) is 5.89. The Morgan fingerprint density at radius 3 is 2.72 bits per heavy atom. The van der Waals surface area contributed by atoms with Crippen LogP contribution in [0.1, 0.15) is 39.0 Å². The van der Waals surface area contributed by atoms with Crippen molar-refractivity contribution in [3.63, 3.8) is 0 Å². The first-order valence-corrected chi connectivity index (χ1v) is 7.67. The molecule has 0 saturated carbocycles. The van der Waals surface area contributed by atoms with Crippen molar-refractivity contribution >= 4 is 0 Å².